The summed E-state index contributed by atoms with van der Waals surface area (Å²) in [5.41, 5.74) is 7.30. The number of amides is 8. The van der Waals surface area contributed by atoms with Gasteiger partial charge in [-0.15, -0.1) is 45.3 Å². The normalized spacial score (nSPS) is 16.8. The number of nitrogens with one attached hydrogen (secondary N) is 4. The number of sulfone groups is 4. The Morgan fingerprint density at radius 3 is 1.11 bits per heavy atom. The van der Waals surface area contributed by atoms with Crippen LogP contribution >= 0.6 is 45.3 Å². The first-order valence-electron chi connectivity index (χ1n) is 34.6. The van der Waals surface area contributed by atoms with Gasteiger partial charge >= 0.3 is 12.1 Å². The Labute approximate surface area is 647 Å². The summed E-state index contributed by atoms with van der Waals surface area (Å²) in [6.45, 7) is 30.8. The molecule has 30 nitrogen and oxygen atoms in total. The fraction of sp³-hybridized carbons (Fsp3) is 0.514. The van der Waals surface area contributed by atoms with Gasteiger partial charge in [-0.1, -0.05) is 95.2 Å². The second kappa shape index (κ2) is 34.8. The number of rotatable bonds is 13. The molecule has 0 bridgehead atoms. The molecular formula is C70H96N12O18S8. The average Bonchev–Trinajstić information content (AvgIpc) is 1.64. The van der Waals surface area contributed by atoms with Crippen LogP contribution < -0.4 is 31.9 Å². The summed E-state index contributed by atoms with van der Waals surface area (Å²) in [4.78, 5) is 110. The lowest BCUT2D eigenvalue weighted by Gasteiger charge is -2.28. The van der Waals surface area contributed by atoms with Gasteiger partial charge in [-0.2, -0.15) is 0 Å². The Morgan fingerprint density at radius 2 is 0.759 bits per heavy atom. The van der Waals surface area contributed by atoms with Crippen LogP contribution in [-0.2, 0) is 61.0 Å². The number of carbonyl (C=O) groups is 6. The van der Waals surface area contributed by atoms with Crippen LogP contribution in [0.1, 0.15) is 158 Å². The van der Waals surface area contributed by atoms with Gasteiger partial charge in [0.2, 0.25) is 0 Å². The van der Waals surface area contributed by atoms with Crippen molar-refractivity contribution in [3.05, 3.63) is 135 Å². The largest absolute Gasteiger partial charge is 0.390 e. The van der Waals surface area contributed by atoms with Crippen LogP contribution in [0.4, 0.5) is 52.3 Å². The molecule has 4 fully saturated rings. The molecule has 8 heterocycles. The maximum absolute atomic E-state index is 13.4. The summed E-state index contributed by atoms with van der Waals surface area (Å²) in [6.07, 6.45) is 0. The van der Waals surface area contributed by atoms with Gasteiger partial charge in [-0.25, -0.2) is 43.3 Å². The molecule has 4 aliphatic heterocycles. The zero-order valence-corrected chi connectivity index (χ0v) is 69.5. The van der Waals surface area contributed by atoms with Crippen LogP contribution in [0.15, 0.2) is 72.8 Å². The number of carbonyl (C=O) groups excluding carboxylic acids is 6. The summed E-state index contributed by atoms with van der Waals surface area (Å²) in [5, 5.41) is 35.3. The third-order valence-electron chi connectivity index (χ3n) is 17.3. The number of non-ortho nitro benzene ring substituents is 2. The molecule has 2 aromatic carbocycles. The van der Waals surface area contributed by atoms with Crippen molar-refractivity contribution in [3.8, 4) is 0 Å². The third-order valence-corrected chi connectivity index (χ3v) is 29.7. The molecule has 0 saturated carbocycles. The molecule has 108 heavy (non-hydrogen) atoms. The number of hydrogen-bond donors (Lipinski definition) is 5. The van der Waals surface area contributed by atoms with Gasteiger partial charge in [0.1, 0.15) is 15.0 Å². The van der Waals surface area contributed by atoms with Gasteiger partial charge in [-0.3, -0.25) is 49.6 Å². The Morgan fingerprint density at radius 1 is 0.444 bits per heavy atom. The van der Waals surface area contributed by atoms with Gasteiger partial charge in [0.15, 0.2) is 39.3 Å². The van der Waals surface area contributed by atoms with Crippen molar-refractivity contribution in [1.29, 1.82) is 0 Å². The zero-order chi connectivity index (χ0) is 80.6. The minimum absolute atomic E-state index is 0.0153. The Kier molecular flexibility index (Phi) is 28.1. The number of nitrogens with two attached hydrogens (primary N) is 1. The fourth-order valence-electron chi connectivity index (χ4n) is 10.8. The molecule has 6 N–H and O–H groups in total. The fourth-order valence-corrected chi connectivity index (χ4v) is 20.2. The number of anilines is 6. The van der Waals surface area contributed by atoms with Crippen molar-refractivity contribution in [2.24, 2.45) is 0 Å². The van der Waals surface area contributed by atoms with E-state index in [4.69, 9.17) is 5.73 Å². The number of nitrogens with zero attached hydrogens (tertiary/aromatic N) is 7. The van der Waals surface area contributed by atoms with Crippen LogP contribution in [0.25, 0.3) is 0 Å². The lowest BCUT2D eigenvalue weighted by molar-refractivity contribution is -0.385. The summed E-state index contributed by atoms with van der Waals surface area (Å²) in [7, 11) is -12.3. The minimum Gasteiger partial charge on any atom is -0.390 e. The first kappa shape index (κ1) is 87.1. The number of thiophene rings is 4. The van der Waals surface area contributed by atoms with Crippen LogP contribution in [0.5, 0.6) is 0 Å². The molecule has 0 spiro atoms. The predicted octanol–water partition coefficient (Wildman–Crippen LogP) is 11.2. The molecule has 8 amide bonds. The number of nitro benzene ring substituents is 2. The monoisotopic (exact) mass is 1650 g/mol. The Hall–Kier alpha value is -8.14. The van der Waals surface area contributed by atoms with Crippen molar-refractivity contribution in [2.75, 3.05) is 143 Å². The molecule has 0 radical (unpaired) electrons. The second-order valence-corrected chi connectivity index (χ2v) is 43.5. The smallest absolute Gasteiger partial charge is 0.326 e. The van der Waals surface area contributed by atoms with Gasteiger partial charge in [0.05, 0.1) is 83.1 Å². The number of nitrogen functional groups attached to an aromatic ring is 1. The van der Waals surface area contributed by atoms with E-state index in [0.29, 0.717) is 31.7 Å². The van der Waals surface area contributed by atoms with E-state index in [0.717, 1.165) is 31.1 Å². The third kappa shape index (κ3) is 23.7. The quantitative estimate of drug-likeness (QED) is 0.0529. The zero-order valence-electron chi connectivity index (χ0n) is 63.0. The standard InChI is InChI=1S/C22H28N4O6S2.C20H24N4O6S2.C15H24N2O3S2.C13H20N2O3S2/c1-5-25(21(28)23-15-7-6-8-16(13-15)26(29)30)20-17(14-18(33-20)22(2,3)4)19(27)24-9-11-34(31,32)12-10-24;1-20(2,3)16-12-15(18(25)23-7-9-32(29,30)10-8-23)17(31-16)22-19(26)21-13-5-4-6-14(11-13)24(27)28;1-5-16-13-11(10-12(21-13)15(2,3)4)14(18)17-6-8-22(19,20)9-7-17;1-13(2,3)10-8-9(11(14)19-10)12(16)15-4-6-20(17,18)7-5-15/h6-8,13-14H,5,9-12H2,1-4H3,(H,23,28);4-6,11-12H,7-10H2,1-3H3,(H2,21,22,26);10,16H,5-9H2,1-4H3;8H,4-7,14H2,1-3H3. The topological polar surface area (TPSA) is 416 Å². The van der Waals surface area contributed by atoms with E-state index < -0.39 is 61.3 Å². The molecular weight excluding hydrogens is 1550 g/mol. The SMILES string of the molecule is CC(C)(C)c1cc(C(=O)N2CCS(=O)(=O)CC2)c(N)s1.CC(C)(C)c1cc(C(=O)N2CCS(=O)(=O)CC2)c(NC(=O)Nc2cccc([N+](=O)[O-])c2)s1.CCN(C(=O)Nc1cccc([N+](=O)[O-])c1)c1sc(C(C)(C)C)cc1C(=O)N1CCS(=O)(=O)CC1.CCNc1sc(C(C)(C)C)cc1C(=O)N1CCS(=O)(=O)CC1. The summed E-state index contributed by atoms with van der Waals surface area (Å²) in [5.74, 6) is -1.07. The van der Waals surface area contributed by atoms with Crippen molar-refractivity contribution in [1.82, 2.24) is 19.6 Å². The van der Waals surface area contributed by atoms with Crippen LogP contribution in [0.3, 0.4) is 0 Å². The van der Waals surface area contributed by atoms with E-state index in [1.54, 1.807) is 46.3 Å². The molecule has 4 aromatic heterocycles. The highest BCUT2D eigenvalue weighted by Crippen LogP contribution is 2.42. The van der Waals surface area contributed by atoms with E-state index in [1.165, 1.54) is 91.2 Å². The highest BCUT2D eigenvalue weighted by atomic mass is 32.2. The summed E-state index contributed by atoms with van der Waals surface area (Å²) in [6, 6.07) is 17.2. The number of benzene rings is 2. The van der Waals surface area contributed by atoms with E-state index in [9.17, 15) is 82.7 Å². The second-order valence-electron chi connectivity index (χ2n) is 30.1. The van der Waals surface area contributed by atoms with Gasteiger partial charge < -0.3 is 41.3 Å². The Balaban J connectivity index is 0.000000205. The van der Waals surface area contributed by atoms with Crippen LogP contribution in [-0.4, -0.2) is 210 Å². The summed E-state index contributed by atoms with van der Waals surface area (Å²) >= 11 is 5.62. The Bertz CT molecular complexity index is 4790. The molecule has 592 valence electrons. The molecule has 10 rings (SSSR count). The summed E-state index contributed by atoms with van der Waals surface area (Å²) < 4.78 is 92.8. The molecule has 0 unspecified atom stereocenters. The van der Waals surface area contributed by atoms with Gasteiger partial charge in [0.25, 0.3) is 35.0 Å². The predicted molar refractivity (Wildman–Crippen MR) is 430 cm³/mol. The maximum atomic E-state index is 13.4. The van der Waals surface area contributed by atoms with Crippen molar-refractivity contribution in [2.45, 2.75) is 119 Å². The van der Waals surface area contributed by atoms with E-state index in [2.05, 4.69) is 62.8 Å². The van der Waals surface area contributed by atoms with E-state index in [-0.39, 0.29) is 179 Å². The van der Waals surface area contributed by atoms with Crippen molar-refractivity contribution < 1.29 is 72.3 Å². The highest BCUT2D eigenvalue weighted by Gasteiger charge is 2.36. The minimum atomic E-state index is -3.15. The van der Waals surface area contributed by atoms with E-state index >= 15 is 0 Å². The van der Waals surface area contributed by atoms with Crippen molar-refractivity contribution >= 4 is 163 Å². The van der Waals surface area contributed by atoms with E-state index in [1.807, 2.05) is 60.6 Å². The van der Waals surface area contributed by atoms with Gasteiger partial charge in [0, 0.05) is 121 Å². The van der Waals surface area contributed by atoms with Crippen LogP contribution in [0.2, 0.25) is 0 Å². The molecule has 0 aliphatic carbocycles. The average molecular weight is 1650 g/mol. The molecule has 6 aromatic rings. The first-order valence-corrected chi connectivity index (χ1v) is 45.2. The lowest BCUT2D eigenvalue weighted by Crippen LogP contribution is -2.44. The van der Waals surface area contributed by atoms with Gasteiger partial charge in [-0.05, 0) is 71.9 Å². The van der Waals surface area contributed by atoms with Crippen LogP contribution in [0, 0.1) is 20.2 Å². The molecule has 0 atom stereocenters. The first-order chi connectivity index (χ1) is 49.9. The molecule has 4 saturated heterocycles. The molecule has 4 aliphatic rings. The maximum Gasteiger partial charge on any atom is 0.326 e. The number of urea groups is 2. The lowest BCUT2D eigenvalue weighted by atomic mass is 9.94. The number of nitro groups is 2. The molecule has 38 heteroatoms. The highest BCUT2D eigenvalue weighted by molar-refractivity contribution is 7.92. The van der Waals surface area contributed by atoms with Crippen molar-refractivity contribution in [3.63, 3.8) is 0 Å². The number of hydrogen-bond acceptors (Lipinski definition) is 24.